The highest BCUT2D eigenvalue weighted by Gasteiger charge is 2.59. The van der Waals surface area contributed by atoms with Gasteiger partial charge in [-0.3, -0.25) is 19.2 Å². The van der Waals surface area contributed by atoms with Crippen LogP contribution >= 0.6 is 0 Å². The van der Waals surface area contributed by atoms with Crippen LogP contribution < -0.4 is 0 Å². The zero-order valence-electron chi connectivity index (χ0n) is 12.6. The number of rotatable bonds is 0. The summed E-state index contributed by atoms with van der Waals surface area (Å²) in [5, 5.41) is 20.7. The maximum atomic E-state index is 12.8. The highest BCUT2D eigenvalue weighted by molar-refractivity contribution is 6.41. The highest BCUT2D eigenvalue weighted by Crippen LogP contribution is 2.49. The van der Waals surface area contributed by atoms with E-state index in [0.29, 0.717) is 0 Å². The average Bonchev–Trinajstić information content (AvgIpc) is 2.74. The van der Waals surface area contributed by atoms with Crippen molar-refractivity contribution < 1.29 is 29.4 Å². The third kappa shape index (κ3) is 1.53. The molecule has 0 unspecified atom stereocenters. The maximum absolute atomic E-state index is 12.8. The first-order valence-corrected chi connectivity index (χ1v) is 7.42. The van der Waals surface area contributed by atoms with Gasteiger partial charge in [0.05, 0.1) is 11.1 Å². The van der Waals surface area contributed by atoms with E-state index >= 15 is 0 Å². The van der Waals surface area contributed by atoms with Crippen molar-refractivity contribution in [1.82, 2.24) is 0 Å². The number of hydrogen-bond donors (Lipinski definition) is 2. The normalized spacial score (nSPS) is 28.6. The predicted octanol–water partition coefficient (Wildman–Crippen LogP) is 0.917. The first-order chi connectivity index (χ1) is 11.3. The molecular weight excluding hydrogens is 312 g/mol. The van der Waals surface area contributed by atoms with Crippen LogP contribution in [0, 0.1) is 5.92 Å². The second kappa shape index (κ2) is 4.36. The van der Waals surface area contributed by atoms with E-state index in [-0.39, 0.29) is 34.5 Å². The molecule has 0 aliphatic heterocycles. The van der Waals surface area contributed by atoms with Crippen molar-refractivity contribution in [1.29, 1.82) is 0 Å². The Morgan fingerprint density at radius 2 is 1.83 bits per heavy atom. The molecule has 0 heterocycles. The zero-order chi connectivity index (χ0) is 17.4. The number of phenols is 1. The van der Waals surface area contributed by atoms with Crippen LogP contribution in [0.5, 0.6) is 5.75 Å². The smallest absolute Gasteiger partial charge is 0.203 e. The Bertz CT molecular complexity index is 948. The Labute approximate surface area is 136 Å². The second-order valence-electron chi connectivity index (χ2n) is 6.31. The summed E-state index contributed by atoms with van der Waals surface area (Å²) in [7, 11) is 0. The highest BCUT2D eigenvalue weighted by atomic mass is 16.3. The van der Waals surface area contributed by atoms with Gasteiger partial charge in [0, 0.05) is 23.5 Å². The van der Waals surface area contributed by atoms with Crippen LogP contribution in [0.4, 0.5) is 0 Å². The monoisotopic (exact) mass is 324 g/mol. The molecule has 0 saturated heterocycles. The van der Waals surface area contributed by atoms with Gasteiger partial charge in [0.15, 0.2) is 17.2 Å². The fraction of sp³-hybridized carbons (Fsp3) is 0.222. The van der Waals surface area contributed by atoms with Crippen molar-refractivity contribution >= 4 is 23.1 Å². The van der Waals surface area contributed by atoms with Gasteiger partial charge in [-0.05, 0) is 24.6 Å². The van der Waals surface area contributed by atoms with Gasteiger partial charge >= 0.3 is 0 Å². The van der Waals surface area contributed by atoms with E-state index in [1.807, 2.05) is 0 Å². The lowest BCUT2D eigenvalue weighted by atomic mass is 9.74. The molecule has 1 aromatic rings. The Kier molecular flexibility index (Phi) is 2.67. The van der Waals surface area contributed by atoms with Gasteiger partial charge in [0.2, 0.25) is 11.6 Å². The maximum Gasteiger partial charge on any atom is 0.203 e. The predicted molar refractivity (Wildman–Crippen MR) is 80.6 cm³/mol. The van der Waals surface area contributed by atoms with E-state index < -0.39 is 40.2 Å². The van der Waals surface area contributed by atoms with Crippen LogP contribution in [0.3, 0.4) is 0 Å². The number of ketones is 4. The van der Waals surface area contributed by atoms with E-state index in [4.69, 9.17) is 0 Å². The molecule has 0 bridgehead atoms. The lowest BCUT2D eigenvalue weighted by molar-refractivity contribution is -0.132. The fourth-order valence-corrected chi connectivity index (χ4v) is 3.79. The molecule has 0 radical (unpaired) electrons. The molecule has 6 heteroatoms. The summed E-state index contributed by atoms with van der Waals surface area (Å²) < 4.78 is 0. The standard InChI is InChI=1S/C18H12O6/c1-7-6-18(24)9(5-11(7)20)13-14(17(18)23)16(22)12-8(15(13)21)3-2-4-10(12)19/h2-4,6,9,19,24H,5H2,1H3/t9-,18+/m0/s1. The van der Waals surface area contributed by atoms with E-state index in [9.17, 15) is 29.4 Å². The molecule has 0 aromatic heterocycles. The van der Waals surface area contributed by atoms with Gasteiger partial charge in [-0.25, -0.2) is 0 Å². The SMILES string of the molecule is CC1=C[C@]2(O)C(=O)C3=C(C(=O)c4cccc(O)c4C3=O)[C@@H]2CC1=O. The molecule has 0 fully saturated rings. The largest absolute Gasteiger partial charge is 0.507 e. The number of carbonyl (C=O) groups excluding carboxylic acids is 4. The minimum atomic E-state index is -2.06. The first kappa shape index (κ1) is 14.7. The van der Waals surface area contributed by atoms with Crippen molar-refractivity contribution in [3.8, 4) is 5.75 Å². The van der Waals surface area contributed by atoms with Gasteiger partial charge in [0.1, 0.15) is 5.75 Å². The number of aromatic hydroxyl groups is 1. The van der Waals surface area contributed by atoms with Crippen LogP contribution in [0.2, 0.25) is 0 Å². The number of phenolic OH excluding ortho intramolecular Hbond substituents is 1. The molecule has 0 saturated carbocycles. The van der Waals surface area contributed by atoms with Crippen LogP contribution in [-0.4, -0.2) is 38.9 Å². The molecule has 120 valence electrons. The summed E-state index contributed by atoms with van der Waals surface area (Å²) in [5.74, 6) is -4.03. The number of carbonyl (C=O) groups is 4. The number of allylic oxidation sites excluding steroid dienone is 1. The van der Waals surface area contributed by atoms with Crippen molar-refractivity contribution in [3.63, 3.8) is 0 Å². The topological polar surface area (TPSA) is 109 Å². The fourth-order valence-electron chi connectivity index (χ4n) is 3.79. The summed E-state index contributed by atoms with van der Waals surface area (Å²) in [6.07, 6.45) is 0.922. The van der Waals surface area contributed by atoms with Crippen molar-refractivity contribution in [2.45, 2.75) is 18.9 Å². The summed E-state index contributed by atoms with van der Waals surface area (Å²) >= 11 is 0. The molecule has 24 heavy (non-hydrogen) atoms. The molecule has 2 N–H and O–H groups in total. The van der Waals surface area contributed by atoms with Gasteiger partial charge in [0.25, 0.3) is 0 Å². The minimum absolute atomic E-state index is 0.0190. The lowest BCUT2D eigenvalue weighted by Gasteiger charge is -2.31. The van der Waals surface area contributed by atoms with Crippen molar-refractivity contribution in [3.05, 3.63) is 52.1 Å². The van der Waals surface area contributed by atoms with Crippen LogP contribution in [-0.2, 0) is 9.59 Å². The Morgan fingerprint density at radius 3 is 2.54 bits per heavy atom. The quantitative estimate of drug-likeness (QED) is 0.687. The number of Topliss-reactive ketones (excluding diaryl/α,β-unsaturated/α-hetero) is 4. The number of fused-ring (bicyclic) bond motifs is 3. The summed E-state index contributed by atoms with van der Waals surface area (Å²) in [6.45, 7) is 1.48. The van der Waals surface area contributed by atoms with Crippen LogP contribution in [0.1, 0.15) is 34.1 Å². The summed E-state index contributed by atoms with van der Waals surface area (Å²) in [4.78, 5) is 50.2. The van der Waals surface area contributed by atoms with Crippen LogP contribution in [0.15, 0.2) is 41.0 Å². The molecule has 0 amide bonds. The minimum Gasteiger partial charge on any atom is -0.507 e. The van der Waals surface area contributed by atoms with Gasteiger partial charge < -0.3 is 10.2 Å². The third-order valence-corrected chi connectivity index (χ3v) is 4.99. The van der Waals surface area contributed by atoms with Crippen molar-refractivity contribution in [2.24, 2.45) is 5.92 Å². The van der Waals surface area contributed by atoms with E-state index in [1.54, 1.807) is 0 Å². The van der Waals surface area contributed by atoms with Crippen molar-refractivity contribution in [2.75, 3.05) is 0 Å². The third-order valence-electron chi connectivity index (χ3n) is 4.99. The van der Waals surface area contributed by atoms with Crippen LogP contribution in [0.25, 0.3) is 0 Å². The van der Waals surface area contributed by atoms with Gasteiger partial charge in [-0.2, -0.15) is 0 Å². The first-order valence-electron chi connectivity index (χ1n) is 7.42. The van der Waals surface area contributed by atoms with E-state index in [0.717, 1.165) is 6.08 Å². The summed E-state index contributed by atoms with van der Waals surface area (Å²) in [6, 6.07) is 4.06. The number of aliphatic hydroxyl groups is 1. The van der Waals surface area contributed by atoms with E-state index in [2.05, 4.69) is 0 Å². The molecule has 0 spiro atoms. The Balaban J connectivity index is 1.99. The number of hydrogen-bond acceptors (Lipinski definition) is 6. The molecule has 6 nitrogen and oxygen atoms in total. The Morgan fingerprint density at radius 1 is 1.12 bits per heavy atom. The second-order valence-corrected chi connectivity index (χ2v) is 6.31. The lowest BCUT2D eigenvalue weighted by Crippen LogP contribution is -2.45. The van der Waals surface area contributed by atoms with E-state index in [1.165, 1.54) is 25.1 Å². The van der Waals surface area contributed by atoms with Gasteiger partial charge in [-0.1, -0.05) is 12.1 Å². The average molecular weight is 324 g/mol. The summed E-state index contributed by atoms with van der Waals surface area (Å²) in [5.41, 5.74) is -2.63. The zero-order valence-corrected chi connectivity index (χ0v) is 12.6. The molecule has 3 aliphatic carbocycles. The number of benzene rings is 1. The van der Waals surface area contributed by atoms with Gasteiger partial charge in [-0.15, -0.1) is 0 Å². The molecule has 3 aliphatic rings. The molecular formula is C18H12O6. The molecule has 1 aromatic carbocycles. The molecule has 4 rings (SSSR count). The molecule has 2 atom stereocenters. The Hall–Kier alpha value is -2.86.